The fraction of sp³-hybridized carbons (Fsp3) is 0.333. The summed E-state index contributed by atoms with van der Waals surface area (Å²) in [5.41, 5.74) is 7.89. The van der Waals surface area contributed by atoms with Gasteiger partial charge in [-0.3, -0.25) is 9.67 Å². The van der Waals surface area contributed by atoms with Crippen LogP contribution in [0.5, 0.6) is 0 Å². The van der Waals surface area contributed by atoms with Crippen LogP contribution in [0, 0.1) is 0 Å². The summed E-state index contributed by atoms with van der Waals surface area (Å²) in [5.74, 6) is 0. The van der Waals surface area contributed by atoms with Crippen molar-refractivity contribution in [3.63, 3.8) is 0 Å². The first-order valence-corrected chi connectivity index (χ1v) is 5.97. The predicted octanol–water partition coefficient (Wildman–Crippen LogP) is 1.63. The van der Waals surface area contributed by atoms with Gasteiger partial charge in [0, 0.05) is 19.5 Å². The number of aromatic nitrogens is 3. The van der Waals surface area contributed by atoms with Crippen LogP contribution in [0.4, 0.5) is 0 Å². The minimum Gasteiger partial charge on any atom is -0.383 e. The van der Waals surface area contributed by atoms with Crippen LogP contribution in [-0.2, 0) is 11.3 Å². The molecule has 6 heteroatoms. The van der Waals surface area contributed by atoms with Crippen LogP contribution in [-0.4, -0.2) is 28.5 Å². The molecule has 0 spiro atoms. The van der Waals surface area contributed by atoms with Crippen molar-refractivity contribution in [3.8, 4) is 0 Å². The van der Waals surface area contributed by atoms with Crippen molar-refractivity contribution in [1.82, 2.24) is 14.8 Å². The lowest BCUT2D eigenvalue weighted by Crippen LogP contribution is -2.19. The number of pyridine rings is 1. The van der Waals surface area contributed by atoms with Gasteiger partial charge in [0.25, 0.3) is 0 Å². The Kier molecular flexibility index (Phi) is 4.30. The largest absolute Gasteiger partial charge is 0.383 e. The minimum atomic E-state index is -0.342. The average Bonchev–Trinajstić information content (AvgIpc) is 2.77. The second-order valence-corrected chi connectivity index (χ2v) is 4.26. The van der Waals surface area contributed by atoms with E-state index in [4.69, 9.17) is 22.1 Å². The molecule has 2 heterocycles. The van der Waals surface area contributed by atoms with E-state index in [9.17, 15) is 0 Å². The Hall–Kier alpha value is -1.43. The highest BCUT2D eigenvalue weighted by molar-refractivity contribution is 6.31. The van der Waals surface area contributed by atoms with Gasteiger partial charge in [-0.1, -0.05) is 17.7 Å². The maximum Gasteiger partial charge on any atom is 0.0837 e. The van der Waals surface area contributed by atoms with E-state index in [1.165, 1.54) is 0 Å². The lowest BCUT2D eigenvalue weighted by atomic mass is 10.1. The monoisotopic (exact) mass is 266 g/mol. The van der Waals surface area contributed by atoms with E-state index in [0.29, 0.717) is 18.2 Å². The summed E-state index contributed by atoms with van der Waals surface area (Å²) in [6.45, 7) is 1.18. The fourth-order valence-electron chi connectivity index (χ4n) is 1.75. The molecule has 2 rings (SSSR count). The summed E-state index contributed by atoms with van der Waals surface area (Å²) in [7, 11) is 1.64. The van der Waals surface area contributed by atoms with Crippen LogP contribution in [0.1, 0.15) is 17.3 Å². The SMILES string of the molecule is COCCn1ncc(Cl)c1C(N)c1cccnc1. The van der Waals surface area contributed by atoms with E-state index in [-0.39, 0.29) is 6.04 Å². The van der Waals surface area contributed by atoms with E-state index in [0.717, 1.165) is 11.3 Å². The second kappa shape index (κ2) is 5.95. The Bertz CT molecular complexity index is 500. The molecule has 96 valence electrons. The van der Waals surface area contributed by atoms with E-state index >= 15 is 0 Å². The zero-order valence-corrected chi connectivity index (χ0v) is 10.8. The highest BCUT2D eigenvalue weighted by Gasteiger charge is 2.18. The highest BCUT2D eigenvalue weighted by Crippen LogP contribution is 2.25. The highest BCUT2D eigenvalue weighted by atomic mass is 35.5. The van der Waals surface area contributed by atoms with Crippen LogP contribution in [0.3, 0.4) is 0 Å². The van der Waals surface area contributed by atoms with Crippen molar-refractivity contribution in [2.24, 2.45) is 5.73 Å². The number of methoxy groups -OCH3 is 1. The molecule has 0 aliphatic heterocycles. The molecule has 0 saturated carbocycles. The molecule has 0 radical (unpaired) electrons. The maximum atomic E-state index is 6.21. The first-order chi connectivity index (χ1) is 8.74. The second-order valence-electron chi connectivity index (χ2n) is 3.86. The van der Waals surface area contributed by atoms with Crippen LogP contribution in [0.2, 0.25) is 5.02 Å². The van der Waals surface area contributed by atoms with Gasteiger partial charge in [-0.25, -0.2) is 0 Å². The molecule has 0 aromatic carbocycles. The van der Waals surface area contributed by atoms with Crippen molar-refractivity contribution in [1.29, 1.82) is 0 Å². The molecule has 5 nitrogen and oxygen atoms in total. The van der Waals surface area contributed by atoms with E-state index < -0.39 is 0 Å². The normalized spacial score (nSPS) is 12.6. The van der Waals surface area contributed by atoms with E-state index in [2.05, 4.69) is 10.1 Å². The summed E-state index contributed by atoms with van der Waals surface area (Å²) >= 11 is 6.14. The van der Waals surface area contributed by atoms with Gasteiger partial charge in [0.2, 0.25) is 0 Å². The third-order valence-corrected chi connectivity index (χ3v) is 2.97. The number of hydrogen-bond acceptors (Lipinski definition) is 4. The number of nitrogens with two attached hydrogens (primary N) is 1. The molecule has 2 aromatic rings. The van der Waals surface area contributed by atoms with Gasteiger partial charge in [-0.2, -0.15) is 5.10 Å². The zero-order valence-electron chi connectivity index (χ0n) is 10.1. The van der Waals surface area contributed by atoms with Gasteiger partial charge in [0.1, 0.15) is 0 Å². The number of hydrogen-bond donors (Lipinski definition) is 1. The van der Waals surface area contributed by atoms with Crippen molar-refractivity contribution in [3.05, 3.63) is 47.0 Å². The summed E-state index contributed by atoms with van der Waals surface area (Å²) in [6, 6.07) is 3.42. The molecule has 2 aromatic heterocycles. The molecule has 0 fully saturated rings. The third kappa shape index (κ3) is 2.69. The molecule has 0 amide bonds. The molecule has 0 bridgehead atoms. The Morgan fingerprint density at radius 2 is 2.33 bits per heavy atom. The topological polar surface area (TPSA) is 66.0 Å². The van der Waals surface area contributed by atoms with Crippen LogP contribution in [0.15, 0.2) is 30.7 Å². The quantitative estimate of drug-likeness (QED) is 0.893. The van der Waals surface area contributed by atoms with Crippen molar-refractivity contribution < 1.29 is 4.74 Å². The Labute approximate surface area is 111 Å². The third-order valence-electron chi connectivity index (χ3n) is 2.68. The van der Waals surface area contributed by atoms with Gasteiger partial charge < -0.3 is 10.5 Å². The Morgan fingerprint density at radius 3 is 3.00 bits per heavy atom. The molecular formula is C12H15ClN4O. The predicted molar refractivity (Wildman–Crippen MR) is 69.4 cm³/mol. The summed E-state index contributed by atoms with van der Waals surface area (Å²) in [5, 5.41) is 4.76. The lowest BCUT2D eigenvalue weighted by Gasteiger charge is -2.14. The number of ether oxygens (including phenoxy) is 1. The van der Waals surface area contributed by atoms with Crippen molar-refractivity contribution in [2.45, 2.75) is 12.6 Å². The maximum absolute atomic E-state index is 6.21. The molecule has 0 aliphatic carbocycles. The first-order valence-electron chi connectivity index (χ1n) is 5.59. The summed E-state index contributed by atoms with van der Waals surface area (Å²) in [6.07, 6.45) is 5.04. The van der Waals surface area contributed by atoms with Crippen molar-refractivity contribution in [2.75, 3.05) is 13.7 Å². The smallest absolute Gasteiger partial charge is 0.0837 e. The van der Waals surface area contributed by atoms with Crippen LogP contribution in [0.25, 0.3) is 0 Å². The number of halogens is 1. The van der Waals surface area contributed by atoms with Gasteiger partial charge in [0.15, 0.2) is 0 Å². The summed E-state index contributed by atoms with van der Waals surface area (Å²) in [4.78, 5) is 4.06. The van der Waals surface area contributed by atoms with Gasteiger partial charge >= 0.3 is 0 Å². The van der Waals surface area contributed by atoms with Crippen LogP contribution < -0.4 is 5.73 Å². The molecule has 0 saturated heterocycles. The fourth-order valence-corrected chi connectivity index (χ4v) is 2.01. The van der Waals surface area contributed by atoms with Gasteiger partial charge in [-0.15, -0.1) is 0 Å². The number of rotatable bonds is 5. The molecule has 18 heavy (non-hydrogen) atoms. The molecule has 1 unspecified atom stereocenters. The molecule has 1 atom stereocenters. The van der Waals surface area contributed by atoms with Gasteiger partial charge in [-0.05, 0) is 11.6 Å². The minimum absolute atomic E-state index is 0.342. The van der Waals surface area contributed by atoms with Crippen molar-refractivity contribution >= 4 is 11.6 Å². The summed E-state index contributed by atoms with van der Waals surface area (Å²) < 4.78 is 6.81. The number of nitrogens with zero attached hydrogens (tertiary/aromatic N) is 3. The molecule has 0 aliphatic rings. The standard InChI is InChI=1S/C12H15ClN4O/c1-18-6-5-17-12(10(13)8-16-17)11(14)9-3-2-4-15-7-9/h2-4,7-8,11H,5-6,14H2,1H3. The lowest BCUT2D eigenvalue weighted by molar-refractivity contribution is 0.182. The molecular weight excluding hydrogens is 252 g/mol. The Morgan fingerprint density at radius 1 is 1.50 bits per heavy atom. The van der Waals surface area contributed by atoms with Gasteiger partial charge in [0.05, 0.1) is 36.1 Å². The van der Waals surface area contributed by atoms with E-state index in [1.807, 2.05) is 12.1 Å². The molecule has 2 N–H and O–H groups in total. The first kappa shape index (κ1) is 13.0. The van der Waals surface area contributed by atoms with Crippen LogP contribution >= 0.6 is 11.6 Å². The Balaban J connectivity index is 2.29. The zero-order chi connectivity index (χ0) is 13.0. The van der Waals surface area contributed by atoms with E-state index in [1.54, 1.807) is 30.4 Å². The average molecular weight is 267 g/mol.